The predicted octanol–water partition coefficient (Wildman–Crippen LogP) is 4.22. The largest absolute Gasteiger partial charge is 0.344 e. The molecule has 0 bridgehead atoms. The number of piperazine rings is 1. The highest BCUT2D eigenvalue weighted by Gasteiger charge is 2.31. The number of amides is 2. The molecule has 0 radical (unpaired) electrons. The molecule has 4 rings (SSSR count). The molecule has 1 saturated heterocycles. The topological polar surface area (TPSA) is 52.7 Å². The van der Waals surface area contributed by atoms with E-state index in [0.717, 1.165) is 18.0 Å². The van der Waals surface area contributed by atoms with Gasteiger partial charge in [0.1, 0.15) is 6.04 Å². The molecule has 5 nitrogen and oxygen atoms in total. The Balaban J connectivity index is 1.43. The summed E-state index contributed by atoms with van der Waals surface area (Å²) >= 11 is 1.59. The Labute approximate surface area is 206 Å². The van der Waals surface area contributed by atoms with Crippen LogP contribution >= 0.6 is 11.8 Å². The number of nitrogens with one attached hydrogen (secondary N) is 1. The lowest BCUT2D eigenvalue weighted by molar-refractivity contribution is -0.137. The van der Waals surface area contributed by atoms with Gasteiger partial charge in [-0.1, -0.05) is 78.9 Å². The van der Waals surface area contributed by atoms with Gasteiger partial charge < -0.3 is 10.2 Å². The molecule has 1 atom stereocenters. The number of nitrogens with zero attached hydrogens (tertiary/aromatic N) is 2. The maximum atomic E-state index is 13.4. The lowest BCUT2D eigenvalue weighted by Crippen LogP contribution is -2.56. The zero-order chi connectivity index (χ0) is 23.8. The first kappa shape index (κ1) is 24.0. The van der Waals surface area contributed by atoms with Crippen molar-refractivity contribution in [3.8, 4) is 0 Å². The van der Waals surface area contributed by atoms with Gasteiger partial charge >= 0.3 is 0 Å². The van der Waals surface area contributed by atoms with Gasteiger partial charge in [-0.05, 0) is 23.3 Å². The Bertz CT molecular complexity index is 1020. The molecule has 2 amide bonds. The molecule has 3 aromatic rings. The lowest BCUT2D eigenvalue weighted by atomic mass is 9.96. The van der Waals surface area contributed by atoms with Gasteiger partial charge in [0.15, 0.2) is 0 Å². The highest BCUT2D eigenvalue weighted by molar-refractivity contribution is 7.99. The van der Waals surface area contributed by atoms with Crippen LogP contribution in [0.15, 0.2) is 95.9 Å². The first-order valence-corrected chi connectivity index (χ1v) is 12.7. The maximum Gasteiger partial charge on any atom is 0.246 e. The highest BCUT2D eigenvalue weighted by atomic mass is 32.2. The summed E-state index contributed by atoms with van der Waals surface area (Å²) in [4.78, 5) is 30.6. The lowest BCUT2D eigenvalue weighted by Gasteiger charge is -2.40. The number of carbonyl (C=O) groups is 2. The minimum atomic E-state index is -0.534. The number of benzene rings is 3. The summed E-state index contributed by atoms with van der Waals surface area (Å²) in [5, 5.41) is 2.87. The molecule has 0 aromatic heterocycles. The van der Waals surface area contributed by atoms with Crippen molar-refractivity contribution >= 4 is 23.6 Å². The van der Waals surface area contributed by atoms with Crippen molar-refractivity contribution in [2.45, 2.75) is 23.9 Å². The van der Waals surface area contributed by atoms with E-state index in [4.69, 9.17) is 0 Å². The van der Waals surface area contributed by atoms with Crippen molar-refractivity contribution in [3.05, 3.63) is 102 Å². The number of carbonyl (C=O) groups excluding carboxylic acids is 2. The van der Waals surface area contributed by atoms with E-state index in [9.17, 15) is 9.59 Å². The molecule has 1 aliphatic heterocycles. The normalized spacial score (nSPS) is 15.2. The molecule has 176 valence electrons. The van der Waals surface area contributed by atoms with Crippen LogP contribution in [0.3, 0.4) is 0 Å². The molecule has 0 spiro atoms. The third kappa shape index (κ3) is 6.27. The van der Waals surface area contributed by atoms with Crippen molar-refractivity contribution in [1.82, 2.24) is 15.1 Å². The zero-order valence-electron chi connectivity index (χ0n) is 19.5. The van der Waals surface area contributed by atoms with Gasteiger partial charge in [-0.15, -0.1) is 11.8 Å². The Kier molecular flexibility index (Phi) is 8.39. The second-order valence-corrected chi connectivity index (χ2v) is 9.56. The summed E-state index contributed by atoms with van der Waals surface area (Å²) in [5.74, 6) is 0.326. The molecule has 1 heterocycles. The van der Waals surface area contributed by atoms with E-state index in [1.54, 1.807) is 11.8 Å². The maximum absolute atomic E-state index is 13.4. The summed E-state index contributed by atoms with van der Waals surface area (Å²) < 4.78 is 0. The van der Waals surface area contributed by atoms with E-state index in [1.807, 2.05) is 47.4 Å². The monoisotopic (exact) mass is 473 g/mol. The van der Waals surface area contributed by atoms with Crippen molar-refractivity contribution in [1.29, 1.82) is 0 Å². The predicted molar refractivity (Wildman–Crippen MR) is 138 cm³/mol. The third-order valence-corrected chi connectivity index (χ3v) is 7.16. The van der Waals surface area contributed by atoms with Crippen LogP contribution in [0.5, 0.6) is 0 Å². The van der Waals surface area contributed by atoms with Crippen LogP contribution < -0.4 is 5.32 Å². The van der Waals surface area contributed by atoms with Gasteiger partial charge in [0.25, 0.3) is 0 Å². The standard InChI is InChI=1S/C28H31N3O2S/c1-22(32)29-26(21-34-25-15-9-4-10-16-25)28(33)31-19-17-30(18-20-31)27(23-11-5-2-6-12-23)24-13-7-3-8-14-24/h2-16,26-27H,17-21H2,1H3,(H,29,32). The molecular formula is C28H31N3O2S. The molecule has 1 N–H and O–H groups in total. The van der Waals surface area contributed by atoms with E-state index in [0.29, 0.717) is 18.8 Å². The zero-order valence-corrected chi connectivity index (χ0v) is 20.3. The van der Waals surface area contributed by atoms with Crippen molar-refractivity contribution in [2.75, 3.05) is 31.9 Å². The molecule has 1 aliphatic rings. The second kappa shape index (κ2) is 11.9. The van der Waals surface area contributed by atoms with E-state index in [1.165, 1.54) is 18.1 Å². The van der Waals surface area contributed by atoms with Crippen molar-refractivity contribution in [3.63, 3.8) is 0 Å². The van der Waals surface area contributed by atoms with Crippen LogP contribution in [0.4, 0.5) is 0 Å². The summed E-state index contributed by atoms with van der Waals surface area (Å²) in [7, 11) is 0. The Morgan fingerprint density at radius 1 is 0.794 bits per heavy atom. The van der Waals surface area contributed by atoms with E-state index in [2.05, 4.69) is 58.7 Å². The van der Waals surface area contributed by atoms with Crippen LogP contribution in [0, 0.1) is 0 Å². The summed E-state index contributed by atoms with van der Waals surface area (Å²) in [5.41, 5.74) is 2.51. The molecule has 34 heavy (non-hydrogen) atoms. The minimum Gasteiger partial charge on any atom is -0.344 e. The highest BCUT2D eigenvalue weighted by Crippen LogP contribution is 2.29. The number of hydrogen-bond donors (Lipinski definition) is 1. The van der Waals surface area contributed by atoms with Gasteiger partial charge in [-0.2, -0.15) is 0 Å². The van der Waals surface area contributed by atoms with E-state index in [-0.39, 0.29) is 17.9 Å². The Morgan fingerprint density at radius 2 is 1.29 bits per heavy atom. The first-order chi connectivity index (χ1) is 16.6. The average molecular weight is 474 g/mol. The number of hydrogen-bond acceptors (Lipinski definition) is 4. The SMILES string of the molecule is CC(=O)NC(CSc1ccccc1)C(=O)N1CCN(C(c2ccccc2)c2ccccc2)CC1. The van der Waals surface area contributed by atoms with Crippen LogP contribution in [0.25, 0.3) is 0 Å². The molecule has 6 heteroatoms. The van der Waals surface area contributed by atoms with E-state index < -0.39 is 6.04 Å². The summed E-state index contributed by atoms with van der Waals surface area (Å²) in [6.07, 6.45) is 0. The summed E-state index contributed by atoms with van der Waals surface area (Å²) in [6.45, 7) is 4.30. The number of rotatable bonds is 8. The van der Waals surface area contributed by atoms with Gasteiger partial charge in [0, 0.05) is 43.8 Å². The minimum absolute atomic E-state index is 0.00532. The average Bonchev–Trinajstić information content (AvgIpc) is 2.88. The van der Waals surface area contributed by atoms with Crippen molar-refractivity contribution < 1.29 is 9.59 Å². The second-order valence-electron chi connectivity index (χ2n) is 8.46. The molecule has 0 saturated carbocycles. The van der Waals surface area contributed by atoms with Crippen LogP contribution in [0.2, 0.25) is 0 Å². The molecule has 3 aromatic carbocycles. The quantitative estimate of drug-likeness (QED) is 0.498. The van der Waals surface area contributed by atoms with Crippen LogP contribution in [-0.2, 0) is 9.59 Å². The molecule has 0 aliphatic carbocycles. The van der Waals surface area contributed by atoms with Gasteiger partial charge in [-0.3, -0.25) is 14.5 Å². The Hall–Kier alpha value is -3.09. The summed E-state index contributed by atoms with van der Waals surface area (Å²) in [6, 6.07) is 30.7. The van der Waals surface area contributed by atoms with Crippen LogP contribution in [0.1, 0.15) is 24.1 Å². The fraction of sp³-hybridized carbons (Fsp3) is 0.286. The molecular weight excluding hydrogens is 442 g/mol. The molecule has 1 unspecified atom stereocenters. The van der Waals surface area contributed by atoms with E-state index >= 15 is 0 Å². The third-order valence-electron chi connectivity index (χ3n) is 6.06. The smallest absolute Gasteiger partial charge is 0.246 e. The number of thioether (sulfide) groups is 1. The molecule has 1 fully saturated rings. The van der Waals surface area contributed by atoms with Gasteiger partial charge in [0.05, 0.1) is 6.04 Å². The van der Waals surface area contributed by atoms with Crippen molar-refractivity contribution in [2.24, 2.45) is 0 Å². The fourth-order valence-corrected chi connectivity index (χ4v) is 5.36. The van der Waals surface area contributed by atoms with Crippen LogP contribution in [-0.4, -0.2) is 59.6 Å². The van der Waals surface area contributed by atoms with Gasteiger partial charge in [-0.25, -0.2) is 0 Å². The van der Waals surface area contributed by atoms with Gasteiger partial charge in [0.2, 0.25) is 11.8 Å². The fourth-order valence-electron chi connectivity index (χ4n) is 4.42. The first-order valence-electron chi connectivity index (χ1n) is 11.7. The Morgan fingerprint density at radius 3 is 1.79 bits per heavy atom.